The van der Waals surface area contributed by atoms with Crippen molar-refractivity contribution in [3.63, 3.8) is 0 Å². The summed E-state index contributed by atoms with van der Waals surface area (Å²) < 4.78 is 0. The number of aromatic nitrogens is 6. The molecule has 4 aromatic heterocycles. The summed E-state index contributed by atoms with van der Waals surface area (Å²) in [6.07, 6.45) is 8.18. The first-order chi connectivity index (χ1) is 23.6. The fourth-order valence-electron chi connectivity index (χ4n) is 5.21. The van der Waals surface area contributed by atoms with Crippen molar-refractivity contribution in [1.29, 1.82) is 10.5 Å². The molecule has 0 saturated heterocycles. The monoisotopic (exact) mass is 615 g/mol. The Morgan fingerprint density at radius 1 is 0.479 bits per heavy atom. The van der Waals surface area contributed by atoms with E-state index in [-0.39, 0.29) is 0 Å². The quantitative estimate of drug-likeness (QED) is 0.171. The smallest absolute Gasteiger partial charge is 0.205 e. The Morgan fingerprint density at radius 3 is 1.50 bits per heavy atom. The SMILES string of the molecule is [C-]#[N+]c1cncc(-c2cccc(-c3nc(-c4cccc(-c5ccc(C#N)nc5)c4)nc(-c4cccc(-c5cncc(C#N)c5)c4)n3)c2)c1. The van der Waals surface area contributed by atoms with Gasteiger partial charge in [-0.2, -0.15) is 10.5 Å². The molecule has 3 aromatic carbocycles. The van der Waals surface area contributed by atoms with Gasteiger partial charge in [0, 0.05) is 58.8 Å². The molecule has 9 nitrogen and oxygen atoms in total. The third kappa shape index (κ3) is 6.09. The van der Waals surface area contributed by atoms with Crippen LogP contribution in [-0.2, 0) is 0 Å². The van der Waals surface area contributed by atoms with Crippen molar-refractivity contribution in [3.8, 4) is 79.7 Å². The number of pyridine rings is 3. The van der Waals surface area contributed by atoms with Crippen LogP contribution in [0.1, 0.15) is 11.3 Å². The van der Waals surface area contributed by atoms with E-state index >= 15 is 0 Å². The Labute approximate surface area is 276 Å². The molecule has 0 aliphatic rings. The van der Waals surface area contributed by atoms with Crippen molar-refractivity contribution < 1.29 is 0 Å². The van der Waals surface area contributed by atoms with Crippen LogP contribution >= 0.6 is 0 Å². The predicted octanol–water partition coefficient (Wildman–Crippen LogP) is 8.35. The maximum atomic E-state index is 9.40. The summed E-state index contributed by atoms with van der Waals surface area (Å²) in [4.78, 5) is 31.0. The van der Waals surface area contributed by atoms with E-state index in [1.54, 1.807) is 36.8 Å². The van der Waals surface area contributed by atoms with Gasteiger partial charge in [-0.1, -0.05) is 54.6 Å². The lowest BCUT2D eigenvalue weighted by molar-refractivity contribution is 1.07. The van der Waals surface area contributed by atoms with E-state index in [0.717, 1.165) is 50.1 Å². The predicted molar refractivity (Wildman–Crippen MR) is 182 cm³/mol. The lowest BCUT2D eigenvalue weighted by atomic mass is 10.0. The van der Waals surface area contributed by atoms with E-state index in [1.807, 2.05) is 78.9 Å². The Balaban J connectivity index is 1.37. The standard InChI is InChI=1S/C39H21N9/c1-42-36-17-34(22-44-24-36)28-7-4-10-31(16-28)39-47-37(29-8-2-5-26(14-29)32-11-12-35(19-41)45-23-32)46-38(48-39)30-9-3-6-27(15-30)33-13-25(18-40)20-43-21-33/h2-17,20-24H. The fraction of sp³-hybridized carbons (Fsp3) is 0. The molecule has 0 aliphatic heterocycles. The van der Waals surface area contributed by atoms with Crippen LogP contribution in [0.25, 0.3) is 72.4 Å². The zero-order valence-electron chi connectivity index (χ0n) is 25.1. The van der Waals surface area contributed by atoms with Gasteiger partial charge in [0.2, 0.25) is 5.69 Å². The molecule has 9 heteroatoms. The molecule has 0 N–H and O–H groups in total. The van der Waals surface area contributed by atoms with Crippen molar-refractivity contribution >= 4 is 5.69 Å². The second-order valence-corrected chi connectivity index (χ2v) is 10.7. The Bertz CT molecular complexity index is 2330. The van der Waals surface area contributed by atoms with Crippen molar-refractivity contribution in [2.24, 2.45) is 0 Å². The lowest BCUT2D eigenvalue weighted by Crippen LogP contribution is -2.00. The van der Waals surface area contributed by atoms with Gasteiger partial charge in [-0.05, 0) is 64.7 Å². The van der Waals surface area contributed by atoms with Crippen LogP contribution in [0, 0.1) is 29.2 Å². The van der Waals surface area contributed by atoms with Gasteiger partial charge in [0.05, 0.1) is 12.1 Å². The molecule has 0 atom stereocenters. The van der Waals surface area contributed by atoms with Gasteiger partial charge in [0.25, 0.3) is 0 Å². The largest absolute Gasteiger partial charge is 0.276 e. The van der Waals surface area contributed by atoms with Gasteiger partial charge in [0.1, 0.15) is 17.8 Å². The molecule has 7 rings (SSSR count). The summed E-state index contributed by atoms with van der Waals surface area (Å²) in [5, 5.41) is 18.6. The van der Waals surface area contributed by atoms with Crippen molar-refractivity contribution in [3.05, 3.63) is 151 Å². The number of hydrogen-bond donors (Lipinski definition) is 0. The molecule has 0 saturated carbocycles. The number of nitrogens with zero attached hydrogens (tertiary/aromatic N) is 9. The van der Waals surface area contributed by atoms with E-state index in [1.165, 1.54) is 12.4 Å². The topological polar surface area (TPSA) is 129 Å². The van der Waals surface area contributed by atoms with Gasteiger partial charge in [0.15, 0.2) is 17.5 Å². The van der Waals surface area contributed by atoms with Crippen LogP contribution in [0.2, 0.25) is 0 Å². The zero-order valence-corrected chi connectivity index (χ0v) is 25.1. The minimum atomic E-state index is 0.345. The number of hydrogen-bond acceptors (Lipinski definition) is 8. The van der Waals surface area contributed by atoms with Crippen LogP contribution in [-0.4, -0.2) is 29.9 Å². The maximum Gasteiger partial charge on any atom is 0.205 e. The summed E-state index contributed by atoms with van der Waals surface area (Å²) in [6.45, 7) is 7.39. The zero-order chi connectivity index (χ0) is 32.9. The minimum absolute atomic E-state index is 0.345. The first kappa shape index (κ1) is 29.3. The van der Waals surface area contributed by atoms with E-state index in [9.17, 15) is 10.5 Å². The summed E-state index contributed by atoms with van der Waals surface area (Å²) in [7, 11) is 0. The molecule has 0 spiro atoms. The van der Waals surface area contributed by atoms with E-state index < -0.39 is 0 Å². The molecule has 7 aromatic rings. The van der Waals surface area contributed by atoms with Gasteiger partial charge >= 0.3 is 0 Å². The van der Waals surface area contributed by atoms with Crippen molar-refractivity contribution in [1.82, 2.24) is 29.9 Å². The summed E-state index contributed by atoms with van der Waals surface area (Å²) in [6, 6.07) is 34.7. The first-order valence-electron chi connectivity index (χ1n) is 14.7. The normalized spacial score (nSPS) is 10.4. The van der Waals surface area contributed by atoms with Crippen LogP contribution in [0.15, 0.2) is 128 Å². The number of rotatable bonds is 6. The fourth-order valence-corrected chi connectivity index (χ4v) is 5.21. The molecule has 0 aliphatic carbocycles. The molecular formula is C39H21N9. The van der Waals surface area contributed by atoms with Crippen LogP contribution in [0.5, 0.6) is 0 Å². The minimum Gasteiger partial charge on any atom is -0.276 e. The van der Waals surface area contributed by atoms with E-state index in [4.69, 9.17) is 21.5 Å². The highest BCUT2D eigenvalue weighted by atomic mass is 15.0. The van der Waals surface area contributed by atoms with E-state index in [2.05, 4.69) is 31.9 Å². The Kier molecular flexibility index (Phi) is 7.88. The molecular weight excluding hydrogens is 594 g/mol. The summed E-state index contributed by atoms with van der Waals surface area (Å²) >= 11 is 0. The van der Waals surface area contributed by atoms with Crippen LogP contribution in [0.3, 0.4) is 0 Å². The second kappa shape index (κ2) is 12.9. The average molecular weight is 616 g/mol. The summed E-state index contributed by atoms with van der Waals surface area (Å²) in [5.74, 6) is 1.41. The molecule has 222 valence electrons. The molecule has 4 heterocycles. The third-order valence-electron chi connectivity index (χ3n) is 7.60. The maximum absolute atomic E-state index is 9.40. The lowest BCUT2D eigenvalue weighted by Gasteiger charge is -2.11. The van der Waals surface area contributed by atoms with Crippen LogP contribution < -0.4 is 0 Å². The highest BCUT2D eigenvalue weighted by Gasteiger charge is 2.15. The van der Waals surface area contributed by atoms with E-state index in [0.29, 0.717) is 34.4 Å². The third-order valence-corrected chi connectivity index (χ3v) is 7.60. The molecule has 0 fully saturated rings. The first-order valence-corrected chi connectivity index (χ1v) is 14.7. The van der Waals surface area contributed by atoms with Gasteiger partial charge in [-0.25, -0.2) is 24.8 Å². The summed E-state index contributed by atoms with van der Waals surface area (Å²) in [5.41, 5.74) is 8.67. The van der Waals surface area contributed by atoms with Gasteiger partial charge in [-0.3, -0.25) is 9.97 Å². The van der Waals surface area contributed by atoms with Crippen molar-refractivity contribution in [2.75, 3.05) is 0 Å². The second-order valence-electron chi connectivity index (χ2n) is 10.7. The van der Waals surface area contributed by atoms with Crippen LogP contribution in [0.4, 0.5) is 5.69 Å². The molecule has 0 bridgehead atoms. The average Bonchev–Trinajstić information content (AvgIpc) is 3.18. The highest BCUT2D eigenvalue weighted by molar-refractivity contribution is 5.76. The van der Waals surface area contributed by atoms with Crippen molar-refractivity contribution in [2.45, 2.75) is 0 Å². The number of benzene rings is 3. The van der Waals surface area contributed by atoms with Gasteiger partial charge < -0.3 is 0 Å². The molecule has 0 unspecified atom stereocenters. The van der Waals surface area contributed by atoms with Gasteiger partial charge in [-0.15, -0.1) is 0 Å². The highest BCUT2D eigenvalue weighted by Crippen LogP contribution is 2.32. The molecule has 0 amide bonds. The molecule has 0 radical (unpaired) electrons. The molecule has 48 heavy (non-hydrogen) atoms. The Morgan fingerprint density at radius 2 is 1.00 bits per heavy atom. The Hall–Kier alpha value is -7.41. The number of nitriles is 2.